The van der Waals surface area contributed by atoms with E-state index >= 15 is 0 Å². The molecule has 23 heavy (non-hydrogen) atoms. The van der Waals surface area contributed by atoms with Gasteiger partial charge in [-0.15, -0.1) is 0 Å². The van der Waals surface area contributed by atoms with E-state index in [4.69, 9.17) is 0 Å². The Kier molecular flexibility index (Phi) is 5.96. The minimum absolute atomic E-state index is 0.101. The lowest BCUT2D eigenvalue weighted by Gasteiger charge is -2.27. The van der Waals surface area contributed by atoms with E-state index < -0.39 is 0 Å². The van der Waals surface area contributed by atoms with Crippen LogP contribution in [0.1, 0.15) is 33.1 Å². The number of aliphatic imine (C=N–C) groups is 1. The molecule has 0 aliphatic carbocycles. The first-order valence-corrected chi connectivity index (χ1v) is 8.28. The Bertz CT molecular complexity index is 539. The van der Waals surface area contributed by atoms with Crippen molar-refractivity contribution in [1.82, 2.24) is 15.2 Å². The third-order valence-electron chi connectivity index (χ3n) is 4.80. The maximum atomic E-state index is 12.0. The van der Waals surface area contributed by atoms with Crippen LogP contribution in [0.5, 0.6) is 0 Å². The molecule has 2 heterocycles. The van der Waals surface area contributed by atoms with E-state index in [0.717, 1.165) is 19.0 Å². The zero-order valence-electron chi connectivity index (χ0n) is 14.3. The predicted molar refractivity (Wildman–Crippen MR) is 93.4 cm³/mol. The van der Waals surface area contributed by atoms with Crippen LogP contribution in [0.2, 0.25) is 0 Å². The van der Waals surface area contributed by atoms with Crippen molar-refractivity contribution in [2.24, 2.45) is 10.4 Å². The number of hydrogen-bond acceptors (Lipinski definition) is 3. The van der Waals surface area contributed by atoms with Crippen molar-refractivity contribution >= 4 is 17.6 Å². The molecule has 1 aliphatic heterocycles. The highest BCUT2D eigenvalue weighted by atomic mass is 16.1. The summed E-state index contributed by atoms with van der Waals surface area (Å²) in [6.07, 6.45) is 6.85. The van der Waals surface area contributed by atoms with Gasteiger partial charge in [-0.3, -0.25) is 14.8 Å². The van der Waals surface area contributed by atoms with Gasteiger partial charge in [-0.2, -0.15) is 0 Å². The molecule has 126 valence electrons. The van der Waals surface area contributed by atoms with E-state index in [1.165, 1.54) is 19.3 Å². The van der Waals surface area contributed by atoms with Gasteiger partial charge < -0.3 is 15.5 Å². The van der Waals surface area contributed by atoms with Crippen LogP contribution in [0.4, 0.5) is 5.69 Å². The quantitative estimate of drug-likeness (QED) is 0.644. The van der Waals surface area contributed by atoms with Gasteiger partial charge in [-0.25, -0.2) is 0 Å². The number of nitrogens with one attached hydrogen (secondary N) is 2. The average Bonchev–Trinajstić information content (AvgIpc) is 3.01. The second kappa shape index (κ2) is 7.94. The van der Waals surface area contributed by atoms with E-state index in [0.29, 0.717) is 11.1 Å². The summed E-state index contributed by atoms with van der Waals surface area (Å²) in [5.41, 5.74) is 1.08. The number of anilines is 1. The maximum Gasteiger partial charge on any atom is 0.243 e. The van der Waals surface area contributed by atoms with E-state index in [1.807, 2.05) is 6.07 Å². The molecule has 0 spiro atoms. The molecule has 0 aromatic carbocycles. The highest BCUT2D eigenvalue weighted by Crippen LogP contribution is 2.36. The largest absolute Gasteiger partial charge is 0.347 e. The summed E-state index contributed by atoms with van der Waals surface area (Å²) >= 11 is 0. The lowest BCUT2D eigenvalue weighted by atomic mass is 9.82. The second-order valence-corrected chi connectivity index (χ2v) is 6.07. The molecular weight excluding hydrogens is 290 g/mol. The molecule has 2 rings (SSSR count). The number of pyridine rings is 1. The predicted octanol–water partition coefficient (Wildman–Crippen LogP) is 2.11. The molecule has 0 unspecified atom stereocenters. The Morgan fingerprint density at radius 2 is 2.22 bits per heavy atom. The van der Waals surface area contributed by atoms with E-state index in [9.17, 15) is 4.79 Å². The number of carbonyl (C=O) groups is 1. The van der Waals surface area contributed by atoms with Gasteiger partial charge in [0.25, 0.3) is 0 Å². The van der Waals surface area contributed by atoms with Crippen molar-refractivity contribution in [2.45, 2.75) is 33.1 Å². The molecule has 6 nitrogen and oxygen atoms in total. The topological polar surface area (TPSA) is 69.6 Å². The minimum atomic E-state index is -0.101. The molecule has 2 N–H and O–H groups in total. The second-order valence-electron chi connectivity index (χ2n) is 6.07. The van der Waals surface area contributed by atoms with Crippen LogP contribution in [-0.4, -0.2) is 48.4 Å². The first kappa shape index (κ1) is 17.2. The molecule has 0 atom stereocenters. The fraction of sp³-hybridized carbons (Fsp3) is 0.588. The molecule has 1 amide bonds. The zero-order valence-corrected chi connectivity index (χ0v) is 14.3. The molecular formula is C17H27N5O. The van der Waals surface area contributed by atoms with Gasteiger partial charge in [0.2, 0.25) is 5.91 Å². The Labute approximate surface area is 138 Å². The van der Waals surface area contributed by atoms with Crippen LogP contribution in [0, 0.1) is 5.41 Å². The normalized spacial score (nSPS) is 17.2. The highest BCUT2D eigenvalue weighted by Gasteiger charge is 2.36. The third kappa shape index (κ3) is 4.43. The van der Waals surface area contributed by atoms with Gasteiger partial charge in [0, 0.05) is 26.3 Å². The van der Waals surface area contributed by atoms with Crippen LogP contribution < -0.4 is 10.6 Å². The van der Waals surface area contributed by atoms with E-state index in [2.05, 4.69) is 39.4 Å². The number of carbonyl (C=O) groups excluding carboxylic acids is 1. The monoisotopic (exact) mass is 317 g/mol. The van der Waals surface area contributed by atoms with Crippen molar-refractivity contribution in [1.29, 1.82) is 0 Å². The summed E-state index contributed by atoms with van der Waals surface area (Å²) in [5.74, 6) is 0.700. The summed E-state index contributed by atoms with van der Waals surface area (Å²) in [4.78, 5) is 22.6. The summed E-state index contributed by atoms with van der Waals surface area (Å²) in [5, 5.41) is 5.97. The molecule has 1 aromatic rings. The molecule has 1 fully saturated rings. The van der Waals surface area contributed by atoms with Crippen molar-refractivity contribution < 1.29 is 4.79 Å². The summed E-state index contributed by atoms with van der Waals surface area (Å²) < 4.78 is 0. The average molecular weight is 317 g/mol. The molecule has 1 saturated heterocycles. The van der Waals surface area contributed by atoms with Crippen LogP contribution in [0.25, 0.3) is 0 Å². The first-order chi connectivity index (χ1) is 11.1. The third-order valence-corrected chi connectivity index (χ3v) is 4.80. The van der Waals surface area contributed by atoms with Crippen molar-refractivity contribution in [3.63, 3.8) is 0 Å². The van der Waals surface area contributed by atoms with Gasteiger partial charge in [0.1, 0.15) is 0 Å². The molecule has 0 radical (unpaired) electrons. The Hall–Kier alpha value is -2.11. The molecule has 1 aromatic heterocycles. The van der Waals surface area contributed by atoms with Gasteiger partial charge in [-0.05, 0) is 36.8 Å². The number of hydrogen-bond donors (Lipinski definition) is 2. The standard InChI is InChI=1S/C17H27N5O/c1-4-17(5-2)8-10-22(13-17)16(18-3)20-12-15(23)21-14-7-6-9-19-11-14/h6-7,9,11H,4-5,8,10,12-13H2,1-3H3,(H,18,20)(H,21,23). The highest BCUT2D eigenvalue weighted by molar-refractivity contribution is 5.94. The SMILES string of the molecule is CCC1(CC)CCN(C(=NC)NCC(=O)Nc2cccnc2)C1. The molecule has 6 heteroatoms. The molecule has 1 aliphatic rings. The minimum Gasteiger partial charge on any atom is -0.347 e. The van der Waals surface area contributed by atoms with Gasteiger partial charge in [0.05, 0.1) is 18.4 Å². The number of guanidine groups is 1. The smallest absolute Gasteiger partial charge is 0.243 e. The summed E-state index contributed by atoms with van der Waals surface area (Å²) in [7, 11) is 1.76. The Morgan fingerprint density at radius 1 is 1.43 bits per heavy atom. The van der Waals surface area contributed by atoms with Gasteiger partial charge >= 0.3 is 0 Å². The van der Waals surface area contributed by atoms with E-state index in [-0.39, 0.29) is 12.5 Å². The Balaban J connectivity index is 1.85. The van der Waals surface area contributed by atoms with Crippen molar-refractivity contribution in [2.75, 3.05) is 32.0 Å². The number of nitrogens with zero attached hydrogens (tertiary/aromatic N) is 3. The van der Waals surface area contributed by atoms with E-state index in [1.54, 1.807) is 25.5 Å². The molecule has 0 bridgehead atoms. The fourth-order valence-corrected chi connectivity index (χ4v) is 3.08. The fourth-order valence-electron chi connectivity index (χ4n) is 3.08. The Morgan fingerprint density at radius 3 is 2.78 bits per heavy atom. The number of aromatic nitrogens is 1. The first-order valence-electron chi connectivity index (χ1n) is 8.28. The van der Waals surface area contributed by atoms with Crippen molar-refractivity contribution in [3.8, 4) is 0 Å². The number of amides is 1. The summed E-state index contributed by atoms with van der Waals surface area (Å²) in [6, 6.07) is 3.61. The lowest BCUT2D eigenvalue weighted by Crippen LogP contribution is -2.44. The number of likely N-dealkylation sites (tertiary alicyclic amines) is 1. The van der Waals surface area contributed by atoms with Crippen LogP contribution in [-0.2, 0) is 4.79 Å². The van der Waals surface area contributed by atoms with Crippen molar-refractivity contribution in [3.05, 3.63) is 24.5 Å². The maximum absolute atomic E-state index is 12.0. The van der Waals surface area contributed by atoms with Crippen LogP contribution >= 0.6 is 0 Å². The zero-order chi connectivity index (χ0) is 16.7. The van der Waals surface area contributed by atoms with Gasteiger partial charge in [-0.1, -0.05) is 13.8 Å². The van der Waals surface area contributed by atoms with Crippen LogP contribution in [0.15, 0.2) is 29.5 Å². The van der Waals surface area contributed by atoms with Crippen LogP contribution in [0.3, 0.4) is 0 Å². The lowest BCUT2D eigenvalue weighted by molar-refractivity contribution is -0.115. The van der Waals surface area contributed by atoms with Gasteiger partial charge in [0.15, 0.2) is 5.96 Å². The number of rotatable bonds is 5. The molecule has 0 saturated carbocycles. The summed E-state index contributed by atoms with van der Waals surface area (Å²) in [6.45, 7) is 6.70.